The van der Waals surface area contributed by atoms with E-state index in [1.165, 1.54) is 0 Å². The summed E-state index contributed by atoms with van der Waals surface area (Å²) in [6.07, 6.45) is -30.1. The molecule has 0 bridgehead atoms. The Bertz CT molecular complexity index is 2090. The summed E-state index contributed by atoms with van der Waals surface area (Å²) in [6.45, 7) is -3.17. The summed E-state index contributed by atoms with van der Waals surface area (Å²) >= 11 is 0. The Morgan fingerprint density at radius 1 is 0.597 bits per heavy atom. The van der Waals surface area contributed by atoms with E-state index in [0.29, 0.717) is 0 Å². The molecule has 0 aliphatic heterocycles. The molecule has 1 atom stereocenters. The van der Waals surface area contributed by atoms with Gasteiger partial charge in [0.05, 0.1) is 22.3 Å². The van der Waals surface area contributed by atoms with Crippen molar-refractivity contribution in [2.24, 2.45) is 0 Å². The molecule has 62 heavy (non-hydrogen) atoms. The normalized spacial score (nSPS) is 14.0. The standard InChI is InChI=1S/C40H29F15N2O5/c41-36(42,43)23-12-21(13-24(16-23)37(44,45)46)18-57(19-22-14-25(38(47,48)49)17-26(15-22)39(50,51)52)11-5-10-32(33(58)62-34(59)40(53,54)55)56-35(60)61-20-31-29-8-3-1-6-27(29)28-7-2-4-9-30(28)31/h1-4,6-9,12-17,31-32H,5,10-11,18-20H2,(H,56,60)/t32-/m0/s1. The number of carbonyl (C=O) groups is 3. The van der Waals surface area contributed by atoms with Gasteiger partial charge >= 0.3 is 48.9 Å². The van der Waals surface area contributed by atoms with Crippen LogP contribution in [0.2, 0.25) is 0 Å². The summed E-state index contributed by atoms with van der Waals surface area (Å²) in [6, 6.07) is 12.3. The number of alkyl halides is 15. The first-order valence-corrected chi connectivity index (χ1v) is 17.8. The van der Waals surface area contributed by atoms with Gasteiger partial charge in [-0.05, 0) is 89.2 Å². The van der Waals surface area contributed by atoms with Crippen LogP contribution < -0.4 is 5.32 Å². The summed E-state index contributed by atoms with van der Waals surface area (Å²) in [4.78, 5) is 38.2. The highest BCUT2D eigenvalue weighted by Gasteiger charge is 2.44. The van der Waals surface area contributed by atoms with E-state index in [9.17, 15) is 80.2 Å². The minimum atomic E-state index is -5.72. The lowest BCUT2D eigenvalue weighted by Gasteiger charge is -2.26. The number of hydrogen-bond donors (Lipinski definition) is 1. The Labute approximate surface area is 340 Å². The van der Waals surface area contributed by atoms with Gasteiger partial charge in [0.2, 0.25) is 0 Å². The summed E-state index contributed by atoms with van der Waals surface area (Å²) in [5, 5.41) is 1.94. The molecule has 334 valence electrons. The van der Waals surface area contributed by atoms with Crippen LogP contribution in [0.1, 0.15) is 63.3 Å². The number of halogens is 15. The maximum atomic E-state index is 13.7. The van der Waals surface area contributed by atoms with Crippen molar-refractivity contribution in [2.75, 3.05) is 13.2 Å². The molecule has 0 fully saturated rings. The van der Waals surface area contributed by atoms with Crippen LogP contribution in [-0.4, -0.2) is 48.3 Å². The van der Waals surface area contributed by atoms with Crippen molar-refractivity contribution in [3.05, 3.63) is 129 Å². The van der Waals surface area contributed by atoms with E-state index in [-0.39, 0.29) is 36.4 Å². The molecular formula is C40H29F15N2O5. The lowest BCUT2D eigenvalue weighted by molar-refractivity contribution is -0.202. The van der Waals surface area contributed by atoms with Gasteiger partial charge in [0.1, 0.15) is 12.6 Å². The topological polar surface area (TPSA) is 84.9 Å². The summed E-state index contributed by atoms with van der Waals surface area (Å²) < 4.78 is 212. The number of rotatable bonds is 12. The first-order chi connectivity index (χ1) is 28.6. The molecule has 1 N–H and O–H groups in total. The van der Waals surface area contributed by atoms with Gasteiger partial charge in [0.15, 0.2) is 0 Å². The third-order valence-corrected chi connectivity index (χ3v) is 9.42. The Morgan fingerprint density at radius 2 is 1.00 bits per heavy atom. The summed E-state index contributed by atoms with van der Waals surface area (Å²) in [7, 11) is 0. The van der Waals surface area contributed by atoms with Crippen LogP contribution in [0, 0.1) is 0 Å². The Kier molecular flexibility index (Phi) is 13.6. The van der Waals surface area contributed by atoms with E-state index in [0.717, 1.165) is 27.2 Å². The van der Waals surface area contributed by atoms with Crippen LogP contribution in [-0.2, 0) is 56.9 Å². The van der Waals surface area contributed by atoms with E-state index in [1.54, 1.807) is 48.5 Å². The van der Waals surface area contributed by atoms with Crippen molar-refractivity contribution in [2.45, 2.75) is 68.8 Å². The van der Waals surface area contributed by atoms with Gasteiger partial charge < -0.3 is 14.8 Å². The Hall–Kier alpha value is -5.80. The molecule has 22 heteroatoms. The van der Waals surface area contributed by atoms with Crippen LogP contribution in [0.5, 0.6) is 0 Å². The second-order valence-corrected chi connectivity index (χ2v) is 13.9. The zero-order chi connectivity index (χ0) is 46.0. The number of hydrogen-bond acceptors (Lipinski definition) is 6. The summed E-state index contributed by atoms with van der Waals surface area (Å²) in [5.74, 6) is -5.59. The molecular weight excluding hydrogens is 873 g/mol. The number of carbonyl (C=O) groups excluding carboxylic acids is 3. The lowest BCUT2D eigenvalue weighted by Crippen LogP contribution is -2.44. The van der Waals surface area contributed by atoms with Crippen molar-refractivity contribution in [3.63, 3.8) is 0 Å². The highest BCUT2D eigenvalue weighted by molar-refractivity contribution is 5.92. The van der Waals surface area contributed by atoms with Gasteiger partial charge in [0.25, 0.3) is 0 Å². The predicted octanol–water partition coefficient (Wildman–Crippen LogP) is 11.1. The third-order valence-electron chi connectivity index (χ3n) is 9.42. The van der Waals surface area contributed by atoms with Crippen molar-refractivity contribution >= 4 is 18.0 Å². The van der Waals surface area contributed by atoms with E-state index < -0.39 is 133 Å². The number of nitrogens with one attached hydrogen (secondary N) is 1. The number of fused-ring (bicyclic) bond motifs is 3. The van der Waals surface area contributed by atoms with Crippen LogP contribution >= 0.6 is 0 Å². The van der Waals surface area contributed by atoms with E-state index in [1.807, 2.05) is 5.32 Å². The predicted molar refractivity (Wildman–Crippen MR) is 185 cm³/mol. The monoisotopic (exact) mass is 902 g/mol. The van der Waals surface area contributed by atoms with E-state index in [2.05, 4.69) is 4.74 Å². The first kappa shape index (κ1) is 47.3. The molecule has 0 radical (unpaired) electrons. The maximum absolute atomic E-state index is 13.7. The molecule has 5 rings (SSSR count). The van der Waals surface area contributed by atoms with Gasteiger partial charge in [-0.1, -0.05) is 48.5 Å². The Morgan fingerprint density at radius 3 is 1.39 bits per heavy atom. The lowest BCUT2D eigenvalue weighted by atomic mass is 9.98. The van der Waals surface area contributed by atoms with Crippen LogP contribution in [0.4, 0.5) is 70.7 Å². The SMILES string of the molecule is O=C(N[C@@H](CCCN(Cc1cc(C(F)(F)F)cc(C(F)(F)F)c1)Cc1cc(C(F)(F)F)cc(C(F)(F)F)c1)C(=O)OC(=O)C(F)(F)F)OCC1c2ccccc2-c2ccccc21. The Balaban J connectivity index is 1.42. The third kappa shape index (κ3) is 12.0. The number of nitrogens with zero attached hydrogens (tertiary/aromatic N) is 1. The van der Waals surface area contributed by atoms with Crippen LogP contribution in [0.25, 0.3) is 11.1 Å². The van der Waals surface area contributed by atoms with Crippen molar-refractivity contribution in [1.82, 2.24) is 10.2 Å². The van der Waals surface area contributed by atoms with Crippen molar-refractivity contribution < 1.29 is 89.7 Å². The molecule has 1 amide bonds. The number of benzene rings is 4. The molecule has 4 aromatic rings. The molecule has 4 aromatic carbocycles. The molecule has 0 aromatic heterocycles. The fourth-order valence-corrected chi connectivity index (χ4v) is 6.72. The average Bonchev–Trinajstić information content (AvgIpc) is 3.48. The molecule has 1 aliphatic carbocycles. The smallest absolute Gasteiger partial charge is 0.449 e. The highest BCUT2D eigenvalue weighted by atomic mass is 19.4. The van der Waals surface area contributed by atoms with Gasteiger partial charge in [-0.25, -0.2) is 14.4 Å². The largest absolute Gasteiger partial charge is 0.491 e. The van der Waals surface area contributed by atoms with Crippen molar-refractivity contribution in [3.8, 4) is 11.1 Å². The first-order valence-electron chi connectivity index (χ1n) is 17.8. The highest BCUT2D eigenvalue weighted by Crippen LogP contribution is 2.45. The second-order valence-electron chi connectivity index (χ2n) is 13.9. The number of amides is 1. The number of ether oxygens (including phenoxy) is 2. The average molecular weight is 903 g/mol. The molecule has 0 unspecified atom stereocenters. The quantitative estimate of drug-likeness (QED) is 0.0866. The zero-order valence-corrected chi connectivity index (χ0v) is 31.1. The maximum Gasteiger partial charge on any atom is 0.491 e. The summed E-state index contributed by atoms with van der Waals surface area (Å²) in [5.41, 5.74) is -5.77. The molecule has 1 aliphatic rings. The van der Waals surface area contributed by atoms with Crippen LogP contribution in [0.15, 0.2) is 84.9 Å². The zero-order valence-electron chi connectivity index (χ0n) is 31.1. The van der Waals surface area contributed by atoms with Gasteiger partial charge in [-0.2, -0.15) is 65.9 Å². The fourth-order valence-electron chi connectivity index (χ4n) is 6.72. The van der Waals surface area contributed by atoms with Gasteiger partial charge in [0, 0.05) is 19.0 Å². The van der Waals surface area contributed by atoms with Gasteiger partial charge in [-0.15, -0.1) is 0 Å². The molecule has 0 saturated heterocycles. The molecule has 7 nitrogen and oxygen atoms in total. The second kappa shape index (κ2) is 17.9. The number of esters is 2. The van der Waals surface area contributed by atoms with E-state index >= 15 is 0 Å². The fraction of sp³-hybridized carbons (Fsp3) is 0.325. The van der Waals surface area contributed by atoms with Crippen molar-refractivity contribution in [1.29, 1.82) is 0 Å². The van der Waals surface area contributed by atoms with Gasteiger partial charge in [-0.3, -0.25) is 4.90 Å². The minimum Gasteiger partial charge on any atom is -0.449 e. The molecule has 0 heterocycles. The molecule has 0 spiro atoms. The number of alkyl carbamates (subject to hydrolysis) is 1. The van der Waals surface area contributed by atoms with Crippen LogP contribution in [0.3, 0.4) is 0 Å². The van der Waals surface area contributed by atoms with E-state index in [4.69, 9.17) is 4.74 Å². The molecule has 0 saturated carbocycles. The minimum absolute atomic E-state index is 0.232.